The lowest BCUT2D eigenvalue weighted by Gasteiger charge is -2.22. The van der Waals surface area contributed by atoms with Crippen LogP contribution in [0.3, 0.4) is 0 Å². The van der Waals surface area contributed by atoms with Crippen LogP contribution in [0.4, 0.5) is 5.69 Å². The van der Waals surface area contributed by atoms with E-state index in [1.165, 1.54) is 38.5 Å². The number of nitro benzene ring substituents is 1. The Morgan fingerprint density at radius 2 is 1.72 bits per heavy atom. The van der Waals surface area contributed by atoms with Gasteiger partial charge in [0.25, 0.3) is 5.69 Å². The summed E-state index contributed by atoms with van der Waals surface area (Å²) in [7, 11) is 0. The van der Waals surface area contributed by atoms with Gasteiger partial charge in [0.1, 0.15) is 0 Å². The Morgan fingerprint density at radius 1 is 1.03 bits per heavy atom. The molecular weight excluding hydrogens is 364 g/mol. The van der Waals surface area contributed by atoms with Crippen LogP contribution in [0.25, 0.3) is 0 Å². The molecule has 0 bridgehead atoms. The molecule has 0 heterocycles. The average Bonchev–Trinajstić information content (AvgIpc) is 3.56. The molecule has 0 saturated heterocycles. The zero-order valence-corrected chi connectivity index (χ0v) is 17.4. The molecule has 5 nitrogen and oxygen atoms in total. The predicted molar refractivity (Wildman–Crippen MR) is 114 cm³/mol. The van der Waals surface area contributed by atoms with Crippen LogP contribution in [-0.2, 0) is 4.79 Å². The quantitative estimate of drug-likeness (QED) is 0.464. The molecule has 3 fully saturated rings. The Hall–Kier alpha value is -1.91. The number of nitrogens with one attached hydrogen (secondary N) is 1. The summed E-state index contributed by atoms with van der Waals surface area (Å²) in [5.74, 6) is 1.35. The van der Waals surface area contributed by atoms with Crippen LogP contribution >= 0.6 is 0 Å². The summed E-state index contributed by atoms with van der Waals surface area (Å²) >= 11 is 0. The summed E-state index contributed by atoms with van der Waals surface area (Å²) in [6, 6.07) is 5.76. The molecule has 3 aliphatic carbocycles. The third kappa shape index (κ3) is 4.99. The molecule has 1 aromatic rings. The molecule has 2 atom stereocenters. The van der Waals surface area contributed by atoms with Crippen molar-refractivity contribution in [2.75, 3.05) is 6.54 Å². The van der Waals surface area contributed by atoms with E-state index in [9.17, 15) is 14.9 Å². The molecule has 0 aromatic heterocycles. The second-order valence-electron chi connectivity index (χ2n) is 9.44. The number of nitro groups is 1. The number of carbonyl (C=O) groups excluding carboxylic acids is 1. The molecule has 4 rings (SSSR count). The number of rotatable bonds is 7. The highest BCUT2D eigenvalue weighted by Crippen LogP contribution is 2.49. The molecule has 0 spiro atoms. The monoisotopic (exact) mass is 398 g/mol. The highest BCUT2D eigenvalue weighted by atomic mass is 16.6. The fourth-order valence-electron chi connectivity index (χ4n) is 5.57. The van der Waals surface area contributed by atoms with Crippen molar-refractivity contribution in [3.05, 3.63) is 39.4 Å². The molecule has 158 valence electrons. The SMILES string of the molecule is O=C(NCCC1CCCCC1)C1CC1c1ccc(C2CCCCC2)c([N+](=O)[O-])c1. The van der Waals surface area contributed by atoms with Gasteiger partial charge in [0.15, 0.2) is 0 Å². The average molecular weight is 399 g/mol. The molecule has 1 N–H and O–H groups in total. The topological polar surface area (TPSA) is 72.2 Å². The maximum absolute atomic E-state index is 12.5. The van der Waals surface area contributed by atoms with Gasteiger partial charge in [-0.3, -0.25) is 14.9 Å². The van der Waals surface area contributed by atoms with Gasteiger partial charge in [-0.25, -0.2) is 0 Å². The van der Waals surface area contributed by atoms with Crippen LogP contribution in [0.5, 0.6) is 0 Å². The molecule has 5 heteroatoms. The summed E-state index contributed by atoms with van der Waals surface area (Å²) in [6.45, 7) is 0.771. The van der Waals surface area contributed by atoms with Gasteiger partial charge in [-0.15, -0.1) is 0 Å². The van der Waals surface area contributed by atoms with Crippen molar-refractivity contribution in [2.24, 2.45) is 11.8 Å². The van der Waals surface area contributed by atoms with E-state index in [4.69, 9.17) is 0 Å². The molecule has 2 unspecified atom stereocenters. The first-order chi connectivity index (χ1) is 14.1. The number of hydrogen-bond acceptors (Lipinski definition) is 3. The number of carbonyl (C=O) groups is 1. The zero-order valence-electron chi connectivity index (χ0n) is 17.4. The predicted octanol–water partition coefficient (Wildman–Crippen LogP) is 5.83. The second kappa shape index (κ2) is 9.27. The van der Waals surface area contributed by atoms with Crippen molar-refractivity contribution in [1.29, 1.82) is 0 Å². The van der Waals surface area contributed by atoms with Crippen molar-refractivity contribution in [2.45, 2.75) is 88.9 Å². The van der Waals surface area contributed by atoms with E-state index in [-0.39, 0.29) is 28.4 Å². The molecule has 1 amide bonds. The van der Waals surface area contributed by atoms with Gasteiger partial charge < -0.3 is 5.32 Å². The number of benzene rings is 1. The molecule has 3 aliphatic rings. The van der Waals surface area contributed by atoms with E-state index in [0.717, 1.165) is 62.1 Å². The van der Waals surface area contributed by atoms with Gasteiger partial charge in [0.2, 0.25) is 5.91 Å². The number of nitrogens with zero attached hydrogens (tertiary/aromatic N) is 1. The van der Waals surface area contributed by atoms with E-state index in [2.05, 4.69) is 5.32 Å². The summed E-state index contributed by atoms with van der Waals surface area (Å²) in [5.41, 5.74) is 2.12. The van der Waals surface area contributed by atoms with Crippen LogP contribution in [0.1, 0.15) is 100 Å². The van der Waals surface area contributed by atoms with E-state index in [0.29, 0.717) is 5.92 Å². The molecule has 1 aromatic carbocycles. The van der Waals surface area contributed by atoms with Crippen molar-refractivity contribution < 1.29 is 9.72 Å². The van der Waals surface area contributed by atoms with Crippen molar-refractivity contribution in [3.63, 3.8) is 0 Å². The van der Waals surface area contributed by atoms with Crippen LogP contribution in [0, 0.1) is 22.0 Å². The molecule has 3 saturated carbocycles. The first-order valence-corrected chi connectivity index (χ1v) is 11.7. The molecule has 0 aliphatic heterocycles. The Balaban J connectivity index is 1.33. The van der Waals surface area contributed by atoms with Gasteiger partial charge >= 0.3 is 0 Å². The minimum absolute atomic E-state index is 0.0125. The number of hydrogen-bond donors (Lipinski definition) is 1. The highest BCUT2D eigenvalue weighted by Gasteiger charge is 2.44. The Labute approximate surface area is 173 Å². The smallest absolute Gasteiger partial charge is 0.273 e. The fourth-order valence-corrected chi connectivity index (χ4v) is 5.57. The normalized spacial score (nSPS) is 25.5. The first-order valence-electron chi connectivity index (χ1n) is 11.7. The van der Waals surface area contributed by atoms with E-state index < -0.39 is 0 Å². The van der Waals surface area contributed by atoms with Crippen LogP contribution in [-0.4, -0.2) is 17.4 Å². The van der Waals surface area contributed by atoms with E-state index in [1.54, 1.807) is 6.07 Å². The summed E-state index contributed by atoms with van der Waals surface area (Å²) < 4.78 is 0. The maximum Gasteiger partial charge on any atom is 0.273 e. The highest BCUT2D eigenvalue weighted by molar-refractivity contribution is 5.83. The summed E-state index contributed by atoms with van der Waals surface area (Å²) in [5, 5.41) is 14.8. The summed E-state index contributed by atoms with van der Waals surface area (Å²) in [4.78, 5) is 24.0. The van der Waals surface area contributed by atoms with Gasteiger partial charge in [-0.2, -0.15) is 0 Å². The van der Waals surface area contributed by atoms with Crippen LogP contribution < -0.4 is 5.32 Å². The van der Waals surface area contributed by atoms with Crippen molar-refractivity contribution in [3.8, 4) is 0 Å². The summed E-state index contributed by atoms with van der Waals surface area (Å²) in [6.07, 6.45) is 14.2. The van der Waals surface area contributed by atoms with Crippen LogP contribution in [0.15, 0.2) is 18.2 Å². The molecule has 29 heavy (non-hydrogen) atoms. The lowest BCUT2D eigenvalue weighted by molar-refractivity contribution is -0.385. The molecule has 0 radical (unpaired) electrons. The van der Waals surface area contributed by atoms with Gasteiger partial charge in [0.05, 0.1) is 4.92 Å². The minimum Gasteiger partial charge on any atom is -0.356 e. The lowest BCUT2D eigenvalue weighted by atomic mass is 9.83. The largest absolute Gasteiger partial charge is 0.356 e. The Kier molecular flexibility index (Phi) is 6.51. The van der Waals surface area contributed by atoms with Gasteiger partial charge in [0, 0.05) is 24.1 Å². The second-order valence-corrected chi connectivity index (χ2v) is 9.44. The van der Waals surface area contributed by atoms with Crippen LogP contribution in [0.2, 0.25) is 0 Å². The van der Waals surface area contributed by atoms with E-state index >= 15 is 0 Å². The van der Waals surface area contributed by atoms with E-state index in [1.807, 2.05) is 12.1 Å². The lowest BCUT2D eigenvalue weighted by Crippen LogP contribution is -2.28. The maximum atomic E-state index is 12.5. The fraction of sp³-hybridized carbons (Fsp3) is 0.708. The van der Waals surface area contributed by atoms with Gasteiger partial charge in [-0.1, -0.05) is 63.5 Å². The van der Waals surface area contributed by atoms with Crippen molar-refractivity contribution in [1.82, 2.24) is 5.32 Å². The van der Waals surface area contributed by atoms with Crippen molar-refractivity contribution >= 4 is 11.6 Å². The zero-order chi connectivity index (χ0) is 20.2. The minimum atomic E-state index is -0.227. The Morgan fingerprint density at radius 3 is 2.41 bits per heavy atom. The molecular formula is C24H34N2O3. The standard InChI is InChI=1S/C24H34N2O3/c27-24(25-14-13-17-7-3-1-4-8-17)22-16-21(22)19-11-12-20(23(15-19)26(28)29)18-9-5-2-6-10-18/h11-12,15,17-18,21-22H,1-10,13-14,16H2,(H,25,27). The first kappa shape index (κ1) is 20.4. The third-order valence-electron chi connectivity index (χ3n) is 7.43. The number of amides is 1. The third-order valence-corrected chi connectivity index (χ3v) is 7.43. The Bertz CT molecular complexity index is 736. The van der Waals surface area contributed by atoms with Gasteiger partial charge in [-0.05, 0) is 49.0 Å².